The second-order valence-corrected chi connectivity index (χ2v) is 4.68. The number of halogens is 1. The first-order valence-electron chi connectivity index (χ1n) is 6.11. The lowest BCUT2D eigenvalue weighted by Gasteiger charge is -2.12. The van der Waals surface area contributed by atoms with Crippen LogP contribution in [0.15, 0.2) is 45.6 Å². The van der Waals surface area contributed by atoms with Crippen molar-refractivity contribution in [3.8, 4) is 0 Å². The Morgan fingerprint density at radius 1 is 1.20 bits per heavy atom. The molecule has 20 heavy (non-hydrogen) atoms. The molecule has 0 saturated carbocycles. The molecule has 1 atom stereocenters. The van der Waals surface area contributed by atoms with Crippen molar-refractivity contribution in [2.75, 3.05) is 0 Å². The van der Waals surface area contributed by atoms with Crippen molar-refractivity contribution < 1.29 is 13.9 Å². The third-order valence-electron chi connectivity index (χ3n) is 3.26. The van der Waals surface area contributed by atoms with Gasteiger partial charge in [0, 0.05) is 0 Å². The van der Waals surface area contributed by atoms with Gasteiger partial charge in [-0.3, -0.25) is 4.98 Å². The quantitative estimate of drug-likeness (QED) is 0.754. The lowest BCUT2D eigenvalue weighted by molar-refractivity contribution is 0.220. The first-order valence-corrected chi connectivity index (χ1v) is 6.11. The highest BCUT2D eigenvalue weighted by molar-refractivity contribution is 5.73. The van der Waals surface area contributed by atoms with Crippen LogP contribution in [-0.4, -0.2) is 10.1 Å². The monoisotopic (exact) mass is 273 g/mol. The van der Waals surface area contributed by atoms with Crippen molar-refractivity contribution in [1.29, 1.82) is 0 Å². The van der Waals surface area contributed by atoms with E-state index < -0.39 is 11.9 Å². The van der Waals surface area contributed by atoms with Crippen molar-refractivity contribution in [2.24, 2.45) is 0 Å². The summed E-state index contributed by atoms with van der Waals surface area (Å²) in [5, 5.41) is 10.3. The highest BCUT2D eigenvalue weighted by Gasteiger charge is 2.13. The maximum absolute atomic E-state index is 13.2. The number of aliphatic hydroxyl groups excluding tert-OH is 1. The predicted molar refractivity (Wildman–Crippen MR) is 72.0 cm³/mol. The molecule has 102 valence electrons. The van der Waals surface area contributed by atoms with Crippen molar-refractivity contribution in [1.82, 2.24) is 4.98 Å². The lowest BCUT2D eigenvalue weighted by Crippen LogP contribution is -2.00. The Labute approximate surface area is 113 Å². The molecule has 0 aliphatic rings. The summed E-state index contributed by atoms with van der Waals surface area (Å²) >= 11 is 0. The van der Waals surface area contributed by atoms with Gasteiger partial charge in [0.05, 0.1) is 5.52 Å². The van der Waals surface area contributed by atoms with E-state index in [0.717, 1.165) is 0 Å². The summed E-state index contributed by atoms with van der Waals surface area (Å²) in [7, 11) is 0. The number of aromatic amines is 1. The van der Waals surface area contributed by atoms with Crippen LogP contribution in [0, 0.1) is 12.7 Å². The van der Waals surface area contributed by atoms with E-state index in [-0.39, 0.29) is 5.82 Å². The number of hydrogen-bond acceptors (Lipinski definition) is 3. The van der Waals surface area contributed by atoms with E-state index in [1.54, 1.807) is 31.2 Å². The summed E-state index contributed by atoms with van der Waals surface area (Å²) < 4.78 is 18.2. The molecule has 0 aliphatic carbocycles. The highest BCUT2D eigenvalue weighted by Crippen LogP contribution is 2.25. The predicted octanol–water partition coefficient (Wildman–Crippen LogP) is 2.65. The Morgan fingerprint density at radius 2 is 1.90 bits per heavy atom. The van der Waals surface area contributed by atoms with Crippen LogP contribution in [0.1, 0.15) is 22.8 Å². The van der Waals surface area contributed by atoms with Crippen LogP contribution in [-0.2, 0) is 0 Å². The zero-order chi connectivity index (χ0) is 14.3. The summed E-state index contributed by atoms with van der Waals surface area (Å²) in [6.45, 7) is 1.64. The second kappa shape index (κ2) is 4.61. The van der Waals surface area contributed by atoms with Crippen LogP contribution >= 0.6 is 0 Å². The average Bonchev–Trinajstić information content (AvgIpc) is 2.80. The van der Waals surface area contributed by atoms with Gasteiger partial charge < -0.3 is 9.52 Å². The molecule has 1 heterocycles. The Balaban J connectivity index is 2.04. The number of fused-ring (bicyclic) bond motifs is 1. The normalized spacial score (nSPS) is 12.8. The molecule has 4 nitrogen and oxygen atoms in total. The summed E-state index contributed by atoms with van der Waals surface area (Å²) in [6, 6.07) is 9.40. The Morgan fingerprint density at radius 3 is 2.65 bits per heavy atom. The lowest BCUT2D eigenvalue weighted by atomic mass is 9.99. The molecule has 1 aromatic heterocycles. The molecule has 1 unspecified atom stereocenters. The molecule has 0 radical (unpaired) electrons. The molecule has 3 rings (SSSR count). The summed E-state index contributed by atoms with van der Waals surface area (Å²) in [5.41, 5.74) is 2.58. The Kier molecular flexibility index (Phi) is 2.91. The number of aliphatic hydroxyl groups is 1. The molecule has 0 spiro atoms. The van der Waals surface area contributed by atoms with Gasteiger partial charge in [0.25, 0.3) is 0 Å². The van der Waals surface area contributed by atoms with Crippen LogP contribution in [0.3, 0.4) is 0 Å². The van der Waals surface area contributed by atoms with Crippen LogP contribution in [0.4, 0.5) is 4.39 Å². The molecule has 0 fully saturated rings. The first-order chi connectivity index (χ1) is 9.54. The van der Waals surface area contributed by atoms with Crippen molar-refractivity contribution in [2.45, 2.75) is 13.0 Å². The van der Waals surface area contributed by atoms with Crippen molar-refractivity contribution >= 4 is 11.1 Å². The standard InChI is InChI=1S/C15H12FNO3/c1-8-6-9(2-4-11(8)16)14(18)10-3-5-12-13(7-10)20-15(19)17-12/h2-7,14,18H,1H3,(H,17,19). The van der Waals surface area contributed by atoms with Gasteiger partial charge in [-0.15, -0.1) is 0 Å². The highest BCUT2D eigenvalue weighted by atomic mass is 19.1. The largest absolute Gasteiger partial charge is 0.417 e. The fraction of sp³-hybridized carbons (Fsp3) is 0.133. The zero-order valence-corrected chi connectivity index (χ0v) is 10.7. The maximum atomic E-state index is 13.2. The number of rotatable bonds is 2. The molecule has 3 aromatic rings. The van der Waals surface area contributed by atoms with Gasteiger partial charge in [-0.2, -0.15) is 0 Å². The molecule has 0 amide bonds. The number of aromatic nitrogens is 1. The third kappa shape index (κ3) is 2.12. The van der Waals surface area contributed by atoms with Gasteiger partial charge in [0.15, 0.2) is 5.58 Å². The molecule has 2 N–H and O–H groups in total. The smallest absolute Gasteiger partial charge is 0.408 e. The van der Waals surface area contributed by atoms with Gasteiger partial charge in [0.1, 0.15) is 11.9 Å². The third-order valence-corrected chi connectivity index (χ3v) is 3.26. The van der Waals surface area contributed by atoms with Crippen LogP contribution < -0.4 is 5.76 Å². The van der Waals surface area contributed by atoms with E-state index in [9.17, 15) is 14.3 Å². The van der Waals surface area contributed by atoms with E-state index in [0.29, 0.717) is 27.8 Å². The van der Waals surface area contributed by atoms with Gasteiger partial charge in [-0.1, -0.05) is 18.2 Å². The van der Waals surface area contributed by atoms with Gasteiger partial charge in [-0.25, -0.2) is 9.18 Å². The first kappa shape index (κ1) is 12.6. The average molecular weight is 273 g/mol. The van der Waals surface area contributed by atoms with Crippen molar-refractivity contribution in [3.63, 3.8) is 0 Å². The summed E-state index contributed by atoms with van der Waals surface area (Å²) in [4.78, 5) is 13.6. The molecular formula is C15H12FNO3. The number of oxazole rings is 1. The molecule has 5 heteroatoms. The van der Waals surface area contributed by atoms with E-state index >= 15 is 0 Å². The number of H-pyrrole nitrogens is 1. The summed E-state index contributed by atoms with van der Waals surface area (Å²) in [5.74, 6) is -0.850. The number of benzene rings is 2. The number of aryl methyl sites for hydroxylation is 1. The van der Waals surface area contributed by atoms with E-state index in [1.807, 2.05) is 0 Å². The second-order valence-electron chi connectivity index (χ2n) is 4.68. The van der Waals surface area contributed by atoms with Crippen molar-refractivity contribution in [3.05, 3.63) is 69.5 Å². The maximum Gasteiger partial charge on any atom is 0.417 e. The van der Waals surface area contributed by atoms with Gasteiger partial charge in [0.2, 0.25) is 0 Å². The molecular weight excluding hydrogens is 261 g/mol. The molecule has 0 saturated heterocycles. The Bertz CT molecular complexity index is 834. The SMILES string of the molecule is Cc1cc(C(O)c2ccc3[nH]c(=O)oc3c2)ccc1F. The van der Waals surface area contributed by atoms with Gasteiger partial charge in [-0.05, 0) is 41.8 Å². The van der Waals surface area contributed by atoms with E-state index in [4.69, 9.17) is 4.42 Å². The van der Waals surface area contributed by atoms with Crippen LogP contribution in [0.5, 0.6) is 0 Å². The van der Waals surface area contributed by atoms with E-state index in [1.165, 1.54) is 12.1 Å². The fourth-order valence-electron chi connectivity index (χ4n) is 2.16. The summed E-state index contributed by atoms with van der Waals surface area (Å²) in [6.07, 6.45) is -0.904. The molecule has 0 bridgehead atoms. The number of hydrogen-bond donors (Lipinski definition) is 2. The van der Waals surface area contributed by atoms with Crippen LogP contribution in [0.2, 0.25) is 0 Å². The minimum Gasteiger partial charge on any atom is -0.408 e. The molecule has 0 aliphatic heterocycles. The Hall–Kier alpha value is -2.40. The minimum atomic E-state index is -0.904. The fourth-order valence-corrected chi connectivity index (χ4v) is 2.16. The van der Waals surface area contributed by atoms with Gasteiger partial charge >= 0.3 is 5.76 Å². The van der Waals surface area contributed by atoms with Crippen LogP contribution in [0.25, 0.3) is 11.1 Å². The van der Waals surface area contributed by atoms with E-state index in [2.05, 4.69) is 4.98 Å². The zero-order valence-electron chi connectivity index (χ0n) is 10.7. The minimum absolute atomic E-state index is 0.312. The molecule has 2 aromatic carbocycles. The topological polar surface area (TPSA) is 66.2 Å². The number of nitrogens with one attached hydrogen (secondary N) is 1.